The van der Waals surface area contributed by atoms with Gasteiger partial charge in [-0.1, -0.05) is 11.6 Å². The van der Waals surface area contributed by atoms with E-state index in [9.17, 15) is 13.2 Å². The van der Waals surface area contributed by atoms with Crippen LogP contribution in [-0.4, -0.2) is 82.4 Å². The molecule has 1 N–H and O–H groups in total. The Bertz CT molecular complexity index is 1250. The monoisotopic (exact) mass is 549 g/mol. The van der Waals surface area contributed by atoms with Gasteiger partial charge in [0.2, 0.25) is 5.91 Å². The molecule has 37 heavy (non-hydrogen) atoms. The van der Waals surface area contributed by atoms with Crippen LogP contribution in [0.2, 0.25) is 5.02 Å². The summed E-state index contributed by atoms with van der Waals surface area (Å²) in [5.74, 6) is 0.584. The first-order valence-electron chi connectivity index (χ1n) is 13.2. The number of nitrogens with zero attached hydrogens (tertiary/aromatic N) is 4. The quantitative estimate of drug-likeness (QED) is 0.547. The molecule has 204 valence electrons. The Balaban J connectivity index is 1.56. The van der Waals surface area contributed by atoms with Crippen molar-refractivity contribution in [2.75, 3.05) is 24.7 Å². The third kappa shape index (κ3) is 5.88. The Hall–Kier alpha value is -1.97. The van der Waals surface area contributed by atoms with Gasteiger partial charge < -0.3 is 15.1 Å². The minimum atomic E-state index is -3.34. The predicted molar refractivity (Wildman–Crippen MR) is 150 cm³/mol. The molecule has 1 saturated heterocycles. The lowest BCUT2D eigenvalue weighted by atomic mass is 9.81. The van der Waals surface area contributed by atoms with Crippen molar-refractivity contribution in [1.82, 2.24) is 19.8 Å². The molecule has 0 bridgehead atoms. The predicted octanol–water partition coefficient (Wildman–Crippen LogP) is 4.39. The second kappa shape index (κ2) is 10.7. The first-order valence-corrected chi connectivity index (χ1v) is 15.2. The van der Waals surface area contributed by atoms with Crippen LogP contribution in [0.15, 0.2) is 24.5 Å². The summed E-state index contributed by atoms with van der Waals surface area (Å²) in [4.78, 5) is 26.6. The van der Waals surface area contributed by atoms with E-state index in [-0.39, 0.29) is 23.6 Å². The van der Waals surface area contributed by atoms with E-state index in [2.05, 4.69) is 41.1 Å². The number of amides is 1. The van der Waals surface area contributed by atoms with Crippen LogP contribution in [0.4, 0.5) is 5.82 Å². The number of hydrogen-bond acceptors (Lipinski definition) is 7. The molecular formula is C27H40ClN5O3S. The van der Waals surface area contributed by atoms with Gasteiger partial charge in [-0.3, -0.25) is 4.79 Å². The maximum absolute atomic E-state index is 13.7. The Morgan fingerprint density at radius 2 is 1.92 bits per heavy atom. The van der Waals surface area contributed by atoms with Crippen LogP contribution < -0.4 is 5.32 Å². The van der Waals surface area contributed by atoms with Crippen LogP contribution in [0, 0.1) is 5.92 Å². The van der Waals surface area contributed by atoms with E-state index in [1.54, 1.807) is 32.9 Å². The van der Waals surface area contributed by atoms with E-state index < -0.39 is 20.6 Å². The average molecular weight is 550 g/mol. The summed E-state index contributed by atoms with van der Waals surface area (Å²) in [6.45, 7) is 10.2. The molecule has 0 unspecified atom stereocenters. The molecule has 1 amide bonds. The fourth-order valence-corrected chi connectivity index (χ4v) is 7.20. The largest absolute Gasteiger partial charge is 0.358 e. The zero-order valence-corrected chi connectivity index (χ0v) is 24.3. The average Bonchev–Trinajstić information content (AvgIpc) is 3.17. The first kappa shape index (κ1) is 28.0. The molecule has 2 heterocycles. The number of carbonyl (C=O) groups is 1. The van der Waals surface area contributed by atoms with Gasteiger partial charge in [0.25, 0.3) is 0 Å². The molecular weight excluding hydrogens is 510 g/mol. The number of carbonyl (C=O) groups excluding carboxylic acids is 1. The molecule has 0 spiro atoms. The van der Waals surface area contributed by atoms with E-state index in [1.165, 1.54) is 6.33 Å². The summed E-state index contributed by atoms with van der Waals surface area (Å²) in [6.07, 6.45) is 4.63. The molecule has 2 aromatic rings. The number of likely N-dealkylation sites (tertiary alicyclic amines) is 1. The lowest BCUT2D eigenvalue weighted by Gasteiger charge is -2.45. The lowest BCUT2D eigenvalue weighted by Crippen LogP contribution is -2.53. The molecule has 10 heteroatoms. The van der Waals surface area contributed by atoms with Crippen molar-refractivity contribution < 1.29 is 13.2 Å². The second-order valence-corrected chi connectivity index (χ2v) is 15.1. The number of nitrogens with one attached hydrogen (secondary N) is 1. The molecule has 2 fully saturated rings. The molecule has 1 aromatic heterocycles. The molecule has 8 nitrogen and oxygen atoms in total. The van der Waals surface area contributed by atoms with Gasteiger partial charge in [0.05, 0.1) is 16.0 Å². The summed E-state index contributed by atoms with van der Waals surface area (Å²) in [7, 11) is -1.22. The summed E-state index contributed by atoms with van der Waals surface area (Å²) >= 11 is 6.20. The van der Waals surface area contributed by atoms with Crippen LogP contribution in [0.3, 0.4) is 0 Å². The fraction of sp³-hybridized carbons (Fsp3) is 0.667. The first-order chi connectivity index (χ1) is 17.3. The summed E-state index contributed by atoms with van der Waals surface area (Å²) in [5, 5.41) is 4.68. The molecule has 2 aliphatic rings. The maximum atomic E-state index is 13.7. The van der Waals surface area contributed by atoms with Crippen LogP contribution in [0.5, 0.6) is 0 Å². The summed E-state index contributed by atoms with van der Waals surface area (Å²) < 4.78 is 25.7. The minimum Gasteiger partial charge on any atom is -0.358 e. The van der Waals surface area contributed by atoms with Crippen LogP contribution in [-0.2, 0) is 14.6 Å². The van der Waals surface area contributed by atoms with E-state index in [4.69, 9.17) is 11.6 Å². The Labute approximate surface area is 226 Å². The van der Waals surface area contributed by atoms with Crippen LogP contribution in [0.1, 0.15) is 60.3 Å². The van der Waals surface area contributed by atoms with E-state index >= 15 is 0 Å². The van der Waals surface area contributed by atoms with Crippen molar-refractivity contribution in [2.24, 2.45) is 5.92 Å². The molecule has 1 saturated carbocycles. The van der Waals surface area contributed by atoms with Crippen molar-refractivity contribution in [1.29, 1.82) is 0 Å². The van der Waals surface area contributed by atoms with Gasteiger partial charge in [0, 0.05) is 35.1 Å². The number of aromatic nitrogens is 2. The third-order valence-electron chi connectivity index (χ3n) is 8.22. The highest BCUT2D eigenvalue weighted by molar-refractivity contribution is 7.92. The smallest absolute Gasteiger partial charge is 0.245 e. The van der Waals surface area contributed by atoms with E-state index in [1.807, 2.05) is 11.0 Å². The summed E-state index contributed by atoms with van der Waals surface area (Å²) in [6, 6.07) is 5.58. The van der Waals surface area contributed by atoms with Gasteiger partial charge in [-0.25, -0.2) is 18.4 Å². The number of halogens is 1. The minimum absolute atomic E-state index is 0.00705. The van der Waals surface area contributed by atoms with Gasteiger partial charge in [0.15, 0.2) is 9.84 Å². The number of anilines is 1. The van der Waals surface area contributed by atoms with Crippen LogP contribution >= 0.6 is 11.6 Å². The van der Waals surface area contributed by atoms with Crippen molar-refractivity contribution in [3.8, 4) is 0 Å². The molecule has 1 aliphatic heterocycles. The normalized spacial score (nSPS) is 25.4. The number of rotatable bonds is 7. The highest BCUT2D eigenvalue weighted by atomic mass is 35.5. The number of sulfone groups is 1. The number of fused-ring (bicyclic) bond motifs is 1. The second-order valence-electron chi connectivity index (χ2n) is 11.8. The van der Waals surface area contributed by atoms with Crippen molar-refractivity contribution in [3.05, 3.63) is 29.5 Å². The van der Waals surface area contributed by atoms with Crippen molar-refractivity contribution in [3.63, 3.8) is 0 Å². The molecule has 4 rings (SSSR count). The molecule has 1 aliphatic carbocycles. The topological polar surface area (TPSA) is 95.5 Å². The fourth-order valence-electron chi connectivity index (χ4n) is 5.61. The van der Waals surface area contributed by atoms with Gasteiger partial charge in [0.1, 0.15) is 18.2 Å². The highest BCUT2D eigenvalue weighted by Crippen LogP contribution is 2.37. The van der Waals surface area contributed by atoms with E-state index in [0.717, 1.165) is 30.2 Å². The number of hydrogen-bond donors (Lipinski definition) is 1. The Morgan fingerprint density at radius 1 is 1.19 bits per heavy atom. The van der Waals surface area contributed by atoms with Gasteiger partial charge in [-0.05, 0) is 91.5 Å². The van der Waals surface area contributed by atoms with Gasteiger partial charge in [-0.15, -0.1) is 0 Å². The SMILES string of the molecule is CC(C)N(C)[C@@H]1CC[C@H](N2CC[C@H](Nc3ncnc4ccc(Cl)cc34)C2=O)[C@@H](CS(=O)(=O)C(C)(C)C)C1. The highest BCUT2D eigenvalue weighted by Gasteiger charge is 2.45. The lowest BCUT2D eigenvalue weighted by molar-refractivity contribution is -0.132. The molecule has 4 atom stereocenters. The maximum Gasteiger partial charge on any atom is 0.245 e. The van der Waals surface area contributed by atoms with E-state index in [0.29, 0.717) is 35.9 Å². The van der Waals surface area contributed by atoms with Gasteiger partial charge >= 0.3 is 0 Å². The van der Waals surface area contributed by atoms with Crippen molar-refractivity contribution >= 4 is 44.1 Å². The summed E-state index contributed by atoms with van der Waals surface area (Å²) in [5.41, 5.74) is 0.754. The number of benzene rings is 1. The van der Waals surface area contributed by atoms with Gasteiger partial charge in [-0.2, -0.15) is 0 Å². The molecule has 1 aromatic carbocycles. The Kier molecular flexibility index (Phi) is 8.08. The zero-order chi connectivity index (χ0) is 27.1. The van der Waals surface area contributed by atoms with Crippen LogP contribution in [0.25, 0.3) is 10.9 Å². The van der Waals surface area contributed by atoms with Crippen molar-refractivity contribution in [2.45, 2.75) is 89.2 Å². The zero-order valence-electron chi connectivity index (χ0n) is 22.7. The standard InChI is InChI=1S/C27H40ClN5O3S/c1-17(2)32(6)20-8-10-24(18(13-20)15-37(35,36)27(3,4)5)33-12-11-23(26(33)34)31-25-21-14-19(28)7-9-22(21)29-16-30-25/h7,9,14,16-18,20,23-24H,8,10-13,15H2,1-6H3,(H,29,30,31)/t18-,20-,23+,24+/m1/s1. The third-order valence-corrected chi connectivity index (χ3v) is 11.2. The molecule has 0 radical (unpaired) electrons. The Morgan fingerprint density at radius 3 is 2.59 bits per heavy atom.